The molecule has 100 valence electrons. The Bertz CT molecular complexity index is 441. The maximum absolute atomic E-state index is 12.1. The molecule has 0 saturated carbocycles. The molecule has 0 heterocycles. The van der Waals surface area contributed by atoms with E-state index in [1.165, 1.54) is 0 Å². The minimum atomic E-state index is -0.297. The van der Waals surface area contributed by atoms with Crippen molar-refractivity contribution in [2.24, 2.45) is 0 Å². The van der Waals surface area contributed by atoms with E-state index >= 15 is 0 Å². The molecule has 1 aromatic rings. The van der Waals surface area contributed by atoms with Crippen molar-refractivity contribution >= 4 is 51.2 Å². The zero-order chi connectivity index (χ0) is 13.9. The van der Waals surface area contributed by atoms with E-state index in [-0.39, 0.29) is 11.7 Å². The second kappa shape index (κ2) is 6.93. The van der Waals surface area contributed by atoms with E-state index in [4.69, 9.17) is 4.74 Å². The first-order chi connectivity index (χ1) is 8.41. The van der Waals surface area contributed by atoms with E-state index in [0.29, 0.717) is 19.3 Å². The summed E-state index contributed by atoms with van der Waals surface area (Å²) in [6, 6.07) is 0. The molecule has 0 amide bonds. The summed E-state index contributed by atoms with van der Waals surface area (Å²) >= 11 is 4.11. The van der Waals surface area contributed by atoms with Gasteiger partial charge in [-0.05, 0) is 76.6 Å². The average molecular weight is 474 g/mol. The van der Waals surface area contributed by atoms with Crippen LogP contribution in [0.25, 0.3) is 0 Å². The Morgan fingerprint density at radius 1 is 1.22 bits per heavy atom. The maximum atomic E-state index is 12.1. The number of carbonyl (C=O) groups is 1. The molecule has 0 fully saturated rings. The third-order valence-corrected chi connectivity index (χ3v) is 5.40. The van der Waals surface area contributed by atoms with Gasteiger partial charge in [0.1, 0.15) is 5.75 Å². The van der Waals surface area contributed by atoms with Crippen LogP contribution in [-0.2, 0) is 4.74 Å². The van der Waals surface area contributed by atoms with Crippen molar-refractivity contribution < 1.29 is 14.6 Å². The Labute approximate surface area is 135 Å². The molecule has 0 spiro atoms. The first-order valence-electron chi connectivity index (χ1n) is 5.76. The van der Waals surface area contributed by atoms with Gasteiger partial charge in [-0.2, -0.15) is 0 Å². The van der Waals surface area contributed by atoms with Crippen molar-refractivity contribution in [3.8, 4) is 5.75 Å². The van der Waals surface area contributed by atoms with Gasteiger partial charge in [-0.25, -0.2) is 4.79 Å². The van der Waals surface area contributed by atoms with Crippen molar-refractivity contribution in [2.75, 3.05) is 6.61 Å². The van der Waals surface area contributed by atoms with Crippen molar-refractivity contribution in [1.82, 2.24) is 0 Å². The molecule has 0 aliphatic heterocycles. The molecule has 0 radical (unpaired) electrons. The molecule has 0 aliphatic rings. The van der Waals surface area contributed by atoms with Crippen LogP contribution in [0.15, 0.2) is 0 Å². The van der Waals surface area contributed by atoms with E-state index in [0.717, 1.165) is 24.0 Å². The fourth-order valence-electron chi connectivity index (χ4n) is 1.64. The van der Waals surface area contributed by atoms with Crippen LogP contribution in [0.3, 0.4) is 0 Å². The zero-order valence-electron chi connectivity index (χ0n) is 10.6. The highest BCUT2D eigenvalue weighted by atomic mass is 127. The molecule has 0 bridgehead atoms. The molecule has 0 aromatic heterocycles. The molecule has 18 heavy (non-hydrogen) atoms. The molecule has 0 aliphatic carbocycles. The lowest BCUT2D eigenvalue weighted by Crippen LogP contribution is -2.12. The fraction of sp³-hybridized carbons (Fsp3) is 0.462. The number of hydrogen-bond acceptors (Lipinski definition) is 3. The summed E-state index contributed by atoms with van der Waals surface area (Å²) in [5.41, 5.74) is 2.15. The quantitative estimate of drug-likeness (QED) is 0.405. The van der Waals surface area contributed by atoms with Crippen LogP contribution >= 0.6 is 45.2 Å². The maximum Gasteiger partial charge on any atom is 0.338 e. The van der Waals surface area contributed by atoms with Crippen LogP contribution in [0, 0.1) is 21.0 Å². The van der Waals surface area contributed by atoms with Gasteiger partial charge >= 0.3 is 5.97 Å². The number of ether oxygens (including phenoxy) is 1. The Morgan fingerprint density at radius 2 is 1.72 bits per heavy atom. The number of esters is 1. The Hall–Kier alpha value is -0.0500. The largest absolute Gasteiger partial charge is 0.506 e. The summed E-state index contributed by atoms with van der Waals surface area (Å²) < 4.78 is 6.68. The molecular weight excluding hydrogens is 458 g/mol. The fourth-order valence-corrected chi connectivity index (χ4v) is 3.23. The summed E-state index contributed by atoms with van der Waals surface area (Å²) in [7, 11) is 0. The molecule has 0 atom stereocenters. The van der Waals surface area contributed by atoms with Crippen molar-refractivity contribution in [1.29, 1.82) is 0 Å². The van der Waals surface area contributed by atoms with Gasteiger partial charge in [-0.1, -0.05) is 13.3 Å². The minimum absolute atomic E-state index is 0.247. The molecule has 3 nitrogen and oxygen atoms in total. The molecule has 0 saturated heterocycles. The van der Waals surface area contributed by atoms with E-state index < -0.39 is 0 Å². The normalized spacial score (nSPS) is 10.5. The van der Waals surface area contributed by atoms with Gasteiger partial charge in [-0.3, -0.25) is 0 Å². The predicted molar refractivity (Wildman–Crippen MR) is 88.2 cm³/mol. The van der Waals surface area contributed by atoms with E-state index in [2.05, 4.69) is 52.1 Å². The number of benzene rings is 1. The van der Waals surface area contributed by atoms with Crippen molar-refractivity contribution in [3.63, 3.8) is 0 Å². The van der Waals surface area contributed by atoms with Crippen LogP contribution in [-0.4, -0.2) is 17.7 Å². The van der Waals surface area contributed by atoms with Crippen molar-refractivity contribution in [2.45, 2.75) is 33.6 Å². The van der Waals surface area contributed by atoms with Crippen molar-refractivity contribution in [3.05, 3.63) is 23.8 Å². The molecule has 5 heteroatoms. The smallest absolute Gasteiger partial charge is 0.338 e. The number of phenols is 1. The van der Waals surface area contributed by atoms with Crippen LogP contribution in [0.4, 0.5) is 0 Å². The molecule has 1 N–H and O–H groups in total. The number of carbonyl (C=O) groups excluding carboxylic acids is 1. The average Bonchev–Trinajstić information content (AvgIpc) is 2.34. The van der Waals surface area contributed by atoms with Gasteiger partial charge in [0, 0.05) is 0 Å². The first-order valence-corrected chi connectivity index (χ1v) is 7.91. The van der Waals surface area contributed by atoms with Gasteiger partial charge in [0.2, 0.25) is 0 Å². The molecular formula is C13H16I2O3. The third kappa shape index (κ3) is 3.28. The molecule has 1 rings (SSSR count). The van der Waals surface area contributed by atoms with Gasteiger partial charge in [0.25, 0.3) is 0 Å². The summed E-state index contributed by atoms with van der Waals surface area (Å²) in [6.07, 6.45) is 1.87. The SMILES string of the molecule is CCCCOC(=O)c1c(C)c(I)c(O)c(I)c1C. The number of rotatable bonds is 4. The van der Waals surface area contributed by atoms with Gasteiger partial charge < -0.3 is 9.84 Å². The van der Waals surface area contributed by atoms with E-state index in [9.17, 15) is 9.90 Å². The number of aromatic hydroxyl groups is 1. The highest BCUT2D eigenvalue weighted by Gasteiger charge is 2.21. The van der Waals surface area contributed by atoms with Gasteiger partial charge in [0.05, 0.1) is 19.3 Å². The Balaban J connectivity index is 3.13. The van der Waals surface area contributed by atoms with E-state index in [1.807, 2.05) is 13.8 Å². The summed E-state index contributed by atoms with van der Waals surface area (Å²) in [5.74, 6) is -0.0504. The molecule has 1 aromatic carbocycles. The first kappa shape index (κ1) is 16.0. The lowest BCUT2D eigenvalue weighted by atomic mass is 10.0. The third-order valence-electron chi connectivity index (χ3n) is 2.76. The Morgan fingerprint density at radius 3 is 2.17 bits per heavy atom. The van der Waals surface area contributed by atoms with Crippen LogP contribution in [0.2, 0.25) is 0 Å². The second-order valence-electron chi connectivity index (χ2n) is 4.09. The van der Waals surface area contributed by atoms with Crippen LogP contribution < -0.4 is 0 Å². The zero-order valence-corrected chi connectivity index (χ0v) is 15.0. The highest BCUT2D eigenvalue weighted by molar-refractivity contribution is 14.1. The molecule has 0 unspecified atom stereocenters. The second-order valence-corrected chi connectivity index (χ2v) is 6.25. The van der Waals surface area contributed by atoms with Gasteiger partial charge in [-0.15, -0.1) is 0 Å². The van der Waals surface area contributed by atoms with Crippen LogP contribution in [0.5, 0.6) is 5.75 Å². The summed E-state index contributed by atoms with van der Waals surface area (Å²) in [4.78, 5) is 12.1. The lowest BCUT2D eigenvalue weighted by Gasteiger charge is -2.14. The number of halogens is 2. The van der Waals surface area contributed by atoms with Gasteiger partial charge in [0.15, 0.2) is 0 Å². The summed E-state index contributed by atoms with van der Waals surface area (Å²) in [5, 5.41) is 9.92. The number of phenolic OH excluding ortho intramolecular Hbond substituents is 1. The number of unbranched alkanes of at least 4 members (excludes halogenated alkanes) is 1. The monoisotopic (exact) mass is 474 g/mol. The summed E-state index contributed by atoms with van der Waals surface area (Å²) in [6.45, 7) is 6.17. The topological polar surface area (TPSA) is 46.5 Å². The Kier molecular flexibility index (Phi) is 6.16. The minimum Gasteiger partial charge on any atom is -0.506 e. The van der Waals surface area contributed by atoms with E-state index in [1.54, 1.807) is 0 Å². The standard InChI is InChI=1S/C13H16I2O3/c1-4-5-6-18-13(17)9-7(2)10(14)12(16)11(15)8(9)3/h16H,4-6H2,1-3H3. The lowest BCUT2D eigenvalue weighted by molar-refractivity contribution is 0.0498. The predicted octanol–water partition coefficient (Wildman–Crippen LogP) is 4.18. The number of hydrogen-bond donors (Lipinski definition) is 1. The highest BCUT2D eigenvalue weighted by Crippen LogP contribution is 2.34. The van der Waals surface area contributed by atoms with Crippen LogP contribution in [0.1, 0.15) is 41.3 Å².